The minimum Gasteiger partial charge on any atom is -0.756 e. The Morgan fingerprint density at radius 3 is 2.32 bits per heavy atom. The molecule has 3 unspecified atom stereocenters. The second-order valence-electron chi connectivity index (χ2n) is 5.91. The zero-order chi connectivity index (χ0) is 23.1. The topological polar surface area (TPSA) is 273 Å². The van der Waals surface area contributed by atoms with E-state index < -0.39 is 60.3 Å². The molecule has 7 N–H and O–H groups in total. The van der Waals surface area contributed by atoms with Crippen molar-refractivity contribution in [3.05, 3.63) is 22.2 Å². The maximum Gasteiger partial charge on any atom is 1.00 e. The van der Waals surface area contributed by atoms with E-state index >= 15 is 0 Å². The molecule has 17 nitrogen and oxygen atoms in total. The van der Waals surface area contributed by atoms with Crippen LogP contribution in [0.15, 0.2) is 11.0 Å². The van der Waals surface area contributed by atoms with Crippen molar-refractivity contribution in [2.75, 3.05) is 12.3 Å². The van der Waals surface area contributed by atoms with Crippen LogP contribution in [-0.2, 0) is 31.6 Å². The van der Waals surface area contributed by atoms with Crippen LogP contribution in [0, 0.1) is 6.92 Å². The summed E-state index contributed by atoms with van der Waals surface area (Å²) in [7, 11) is -17.1. The number of nitrogen functional groups attached to an aromatic ring is 1. The Hall–Kier alpha value is -0.0300. The number of phosphoric ester groups is 1. The minimum absolute atomic E-state index is 0. The maximum absolute atomic E-state index is 11.9. The molecule has 21 heteroatoms. The molecule has 172 valence electrons. The van der Waals surface area contributed by atoms with E-state index in [-0.39, 0.29) is 35.4 Å². The zero-order valence-corrected chi connectivity index (χ0v) is 20.5. The number of hydrogen-bond acceptors (Lipinski definition) is 13. The molecule has 0 amide bonds. The second-order valence-corrected chi connectivity index (χ2v) is 10.3. The fourth-order valence-corrected chi connectivity index (χ4v) is 5.32. The molecule has 1 aromatic heterocycles. The Balaban J connectivity index is 0.00000480. The zero-order valence-electron chi connectivity index (χ0n) is 15.8. The number of hydrogen-bond donors (Lipinski definition) is 6. The van der Waals surface area contributed by atoms with Crippen molar-refractivity contribution in [3.8, 4) is 0 Å². The van der Waals surface area contributed by atoms with Gasteiger partial charge in [0.25, 0.3) is 7.82 Å². The van der Waals surface area contributed by atoms with Crippen LogP contribution in [0.25, 0.3) is 0 Å². The molecule has 1 fully saturated rings. The predicted molar refractivity (Wildman–Crippen MR) is 91.2 cm³/mol. The molecule has 0 saturated carbocycles. The Morgan fingerprint density at radius 1 is 1.19 bits per heavy atom. The summed E-state index contributed by atoms with van der Waals surface area (Å²) in [6, 6.07) is 0. The largest absolute Gasteiger partial charge is 1.00 e. The van der Waals surface area contributed by atoms with Gasteiger partial charge < -0.3 is 40.3 Å². The number of aliphatic hydroxyl groups is 2. The SMILES string of the molecule is Cc1cn([C@@H]2O[C@H](COP(=O)(O)OP(=O)(O)OP(=O)([O-])O)[C@@H](O)[C@H]2O)c(=O)nc1N.[Na+]. The van der Waals surface area contributed by atoms with Crippen molar-refractivity contribution >= 4 is 29.3 Å². The number of rotatable bonds is 8. The Morgan fingerprint density at radius 2 is 1.77 bits per heavy atom. The molecular weight excluding hydrogens is 502 g/mol. The van der Waals surface area contributed by atoms with Crippen LogP contribution in [0.5, 0.6) is 0 Å². The fraction of sp³-hybridized carbons (Fsp3) is 0.600. The number of phosphoric acid groups is 3. The average Bonchev–Trinajstić information content (AvgIpc) is 2.81. The van der Waals surface area contributed by atoms with Gasteiger partial charge in [0.2, 0.25) is 0 Å². The second kappa shape index (κ2) is 10.5. The third kappa shape index (κ3) is 8.05. The Kier molecular flexibility index (Phi) is 9.81. The van der Waals surface area contributed by atoms with Gasteiger partial charge in [0.15, 0.2) is 6.23 Å². The van der Waals surface area contributed by atoms with Gasteiger partial charge in [-0.1, -0.05) is 0 Å². The van der Waals surface area contributed by atoms with E-state index in [4.69, 9.17) is 20.3 Å². The van der Waals surface area contributed by atoms with Crippen molar-refractivity contribution in [1.82, 2.24) is 9.55 Å². The molecule has 2 heterocycles. The number of aryl methyl sites for hydroxylation is 1. The van der Waals surface area contributed by atoms with Gasteiger partial charge in [-0.15, -0.1) is 0 Å². The van der Waals surface area contributed by atoms with Gasteiger partial charge in [-0.3, -0.25) is 13.7 Å². The number of aliphatic hydroxyl groups excluding tert-OH is 2. The average molecular weight is 519 g/mol. The van der Waals surface area contributed by atoms with Crippen LogP contribution in [0.1, 0.15) is 11.8 Å². The normalized spacial score (nSPS) is 29.4. The van der Waals surface area contributed by atoms with Crippen molar-refractivity contribution in [2.24, 2.45) is 0 Å². The summed E-state index contributed by atoms with van der Waals surface area (Å²) in [5.41, 5.74) is 4.89. The van der Waals surface area contributed by atoms with Crippen molar-refractivity contribution in [2.45, 2.75) is 31.5 Å². The van der Waals surface area contributed by atoms with E-state index in [1.54, 1.807) is 0 Å². The molecule has 1 aromatic rings. The van der Waals surface area contributed by atoms with E-state index in [9.17, 15) is 38.5 Å². The van der Waals surface area contributed by atoms with Gasteiger partial charge in [-0.25, -0.2) is 18.2 Å². The standard InChI is InChI=1S/C10H18N3O14P3.Na/c1-4-2-13(10(16)12-8(4)11)9-7(15)6(14)5(25-9)3-24-29(20,21)27-30(22,23)26-28(17,18)19;/h2,5-7,9,14-15H,3H2,1H3,(H,20,21)(H,22,23)(H2,11,12,16)(H2,17,18,19);/q;+1/p-1/t5-,6-,7-,9-;/m1./s1. The smallest absolute Gasteiger partial charge is 0.756 e. The van der Waals surface area contributed by atoms with Gasteiger partial charge >= 0.3 is 50.9 Å². The number of nitrogens with two attached hydrogens (primary N) is 1. The van der Waals surface area contributed by atoms with Crippen LogP contribution in [0.3, 0.4) is 0 Å². The molecule has 0 spiro atoms. The number of nitrogens with zero attached hydrogens (tertiary/aromatic N) is 2. The van der Waals surface area contributed by atoms with Crippen molar-refractivity contribution in [3.63, 3.8) is 0 Å². The summed E-state index contributed by atoms with van der Waals surface area (Å²) >= 11 is 0. The molecular formula is C10H17N3NaO14P3. The number of aromatic nitrogens is 2. The first-order chi connectivity index (χ1) is 13.5. The summed E-state index contributed by atoms with van der Waals surface area (Å²) in [5.74, 6) is -0.0799. The number of anilines is 1. The molecule has 1 aliphatic heterocycles. The quantitative estimate of drug-likeness (QED) is 0.138. The van der Waals surface area contributed by atoms with Crippen molar-refractivity contribution in [1.29, 1.82) is 0 Å². The monoisotopic (exact) mass is 519 g/mol. The first-order valence-corrected chi connectivity index (χ1v) is 12.1. The minimum atomic E-state index is -5.81. The third-order valence-electron chi connectivity index (χ3n) is 3.60. The summed E-state index contributed by atoms with van der Waals surface area (Å²) in [4.78, 5) is 52.7. The van der Waals surface area contributed by atoms with Crippen LogP contribution in [0.4, 0.5) is 5.82 Å². The summed E-state index contributed by atoms with van der Waals surface area (Å²) in [5, 5.41) is 20.1. The predicted octanol–water partition coefficient (Wildman–Crippen LogP) is -5.53. The van der Waals surface area contributed by atoms with Crippen molar-refractivity contribution < 1.29 is 90.9 Å². The molecule has 0 aromatic carbocycles. The fourth-order valence-electron chi connectivity index (χ4n) is 2.32. The van der Waals surface area contributed by atoms with Gasteiger partial charge in [-0.2, -0.15) is 9.29 Å². The first kappa shape index (κ1) is 29.0. The van der Waals surface area contributed by atoms with E-state index in [1.165, 1.54) is 13.1 Å². The van der Waals surface area contributed by atoms with Gasteiger partial charge in [0.05, 0.1) is 6.61 Å². The van der Waals surface area contributed by atoms with Crippen LogP contribution >= 0.6 is 23.5 Å². The molecule has 31 heavy (non-hydrogen) atoms. The van der Waals surface area contributed by atoms with Gasteiger partial charge in [0.1, 0.15) is 24.1 Å². The molecule has 2 rings (SSSR count). The molecule has 1 saturated heterocycles. The van der Waals surface area contributed by atoms with Crippen LogP contribution in [-0.4, -0.2) is 59.4 Å². The Bertz CT molecular complexity index is 998. The van der Waals surface area contributed by atoms with E-state index in [2.05, 4.69) is 18.1 Å². The molecule has 0 bridgehead atoms. The van der Waals surface area contributed by atoms with E-state index in [0.717, 1.165) is 4.57 Å². The maximum atomic E-state index is 11.9. The van der Waals surface area contributed by atoms with Crippen LogP contribution < -0.4 is 45.9 Å². The molecule has 0 aliphatic carbocycles. The molecule has 0 radical (unpaired) electrons. The van der Waals surface area contributed by atoms with Crippen LogP contribution in [0.2, 0.25) is 0 Å². The summed E-state index contributed by atoms with van der Waals surface area (Å²) in [6.07, 6.45) is -5.37. The Labute approximate surface area is 195 Å². The molecule has 7 atom stereocenters. The summed E-state index contributed by atoms with van der Waals surface area (Å²) in [6.45, 7) is 0.463. The third-order valence-corrected chi connectivity index (χ3v) is 7.38. The summed E-state index contributed by atoms with van der Waals surface area (Å²) < 4.78 is 50.7. The van der Waals surface area contributed by atoms with E-state index in [1.807, 2.05) is 0 Å². The van der Waals surface area contributed by atoms with Gasteiger partial charge in [0, 0.05) is 11.8 Å². The molecule has 1 aliphatic rings. The van der Waals surface area contributed by atoms with E-state index in [0.29, 0.717) is 5.56 Å². The number of ether oxygens (including phenoxy) is 1. The first-order valence-electron chi connectivity index (χ1n) is 7.65. The van der Waals surface area contributed by atoms with Gasteiger partial charge in [-0.05, 0) is 6.92 Å².